The Labute approximate surface area is 308 Å². The van der Waals surface area contributed by atoms with Gasteiger partial charge in [0.1, 0.15) is 4.83 Å². The molecule has 0 unspecified atom stereocenters. The average Bonchev–Trinajstić information content (AvgIpc) is 3.71. The van der Waals surface area contributed by atoms with Crippen LogP contribution >= 0.6 is 11.3 Å². The molecule has 0 aliphatic rings. The second-order valence-corrected chi connectivity index (χ2v) is 11.8. The van der Waals surface area contributed by atoms with Gasteiger partial charge >= 0.3 is 11.4 Å². The van der Waals surface area contributed by atoms with Gasteiger partial charge in [-0.1, -0.05) is 97.0 Å². The Bertz CT molecular complexity index is 2420. The molecule has 3 heterocycles. The first kappa shape index (κ1) is 32.0. The van der Waals surface area contributed by atoms with Crippen molar-refractivity contribution in [2.75, 3.05) is 0 Å². The summed E-state index contributed by atoms with van der Waals surface area (Å²) in [7, 11) is 0. The Kier molecular flexibility index (Phi) is 9.32. The first-order valence-corrected chi connectivity index (χ1v) is 15.2. The Hall–Kier alpha value is -3.97. The van der Waals surface area contributed by atoms with E-state index in [1.165, 1.54) is 11.3 Å². The molecule has 0 aliphatic heterocycles. The molecule has 0 fully saturated rings. The summed E-state index contributed by atoms with van der Waals surface area (Å²) in [4.78, 5) is 56.6. The minimum absolute atomic E-state index is 0. The number of hydrogen-bond donors (Lipinski definition) is 1. The number of fused-ring (bicyclic) bond motifs is 2. The van der Waals surface area contributed by atoms with Gasteiger partial charge in [0, 0.05) is 67.4 Å². The molecular weight excluding hydrogens is 628 g/mol. The van der Waals surface area contributed by atoms with Crippen molar-refractivity contribution >= 4 is 89.5 Å². The van der Waals surface area contributed by atoms with E-state index in [0.29, 0.717) is 33.6 Å². The van der Waals surface area contributed by atoms with Gasteiger partial charge in [-0.3, -0.25) is 28.2 Å². The molecule has 0 saturated carbocycles. The van der Waals surface area contributed by atoms with Crippen molar-refractivity contribution in [1.82, 2.24) is 19.3 Å². The van der Waals surface area contributed by atoms with Crippen molar-refractivity contribution in [2.45, 2.75) is 26.4 Å². The van der Waals surface area contributed by atoms with Crippen LogP contribution in [0, 0.1) is 0 Å². The minimum Gasteiger partial charge on any atom is -0.296 e. The molecule has 1 radical (unpaired) electrons. The molecule has 11 heteroatoms. The van der Waals surface area contributed by atoms with Gasteiger partial charge in [-0.2, -0.15) is 0 Å². The van der Waals surface area contributed by atoms with Crippen LogP contribution in [0.5, 0.6) is 0 Å². The number of nitrogens with one attached hydrogen (secondary N) is 1. The number of thiophene rings is 1. The molecule has 223 valence electrons. The van der Waals surface area contributed by atoms with Crippen molar-refractivity contribution in [3.63, 3.8) is 0 Å². The van der Waals surface area contributed by atoms with E-state index in [4.69, 9.17) is 4.52 Å². The Balaban J connectivity index is 0.00000372. The minimum atomic E-state index is -0.632. The molecular formula is C35H26KN4O5S. The van der Waals surface area contributed by atoms with Crippen molar-refractivity contribution < 1.29 is 9.32 Å². The first-order valence-electron chi connectivity index (χ1n) is 14.4. The fourth-order valence-electron chi connectivity index (χ4n) is 5.56. The van der Waals surface area contributed by atoms with Crippen LogP contribution in [0.3, 0.4) is 0 Å². The van der Waals surface area contributed by atoms with Gasteiger partial charge in [-0.25, -0.2) is 9.59 Å². The number of H-pyrrole nitrogens is 1. The molecule has 0 spiro atoms. The number of benzene rings is 4. The van der Waals surface area contributed by atoms with Gasteiger partial charge in [-0.05, 0) is 46.0 Å². The maximum Gasteiger partial charge on any atom is 0.439 e. The van der Waals surface area contributed by atoms with Gasteiger partial charge in [0.25, 0.3) is 5.56 Å². The number of ketones is 1. The number of nitrogens with zero attached hydrogens (tertiary/aromatic N) is 3. The normalized spacial score (nSPS) is 11.2. The van der Waals surface area contributed by atoms with Crippen molar-refractivity contribution in [3.8, 4) is 22.5 Å². The molecule has 7 rings (SSSR count). The van der Waals surface area contributed by atoms with Crippen LogP contribution in [0.15, 0.2) is 116 Å². The van der Waals surface area contributed by atoms with E-state index in [1.807, 2.05) is 91.9 Å². The van der Waals surface area contributed by atoms with Crippen molar-refractivity contribution in [3.05, 3.63) is 144 Å². The topological polar surface area (TPSA) is 120 Å². The third-order valence-electron chi connectivity index (χ3n) is 7.90. The summed E-state index contributed by atoms with van der Waals surface area (Å²) in [5.41, 5.74) is 2.72. The van der Waals surface area contributed by atoms with Crippen LogP contribution in [-0.2, 0) is 19.5 Å². The van der Waals surface area contributed by atoms with Crippen molar-refractivity contribution in [1.29, 1.82) is 0 Å². The predicted octanol–water partition coefficient (Wildman–Crippen LogP) is 5.50. The van der Waals surface area contributed by atoms with E-state index in [9.17, 15) is 19.2 Å². The molecule has 0 saturated heterocycles. The van der Waals surface area contributed by atoms with Gasteiger partial charge < -0.3 is 0 Å². The number of aromatic nitrogens is 4. The smallest absolute Gasteiger partial charge is 0.296 e. The summed E-state index contributed by atoms with van der Waals surface area (Å²) in [6.45, 7) is 1.85. The number of aromatic amines is 1. The standard InChI is InChI=1S/C35H26N4O5S.K/c1-2-26-18-29-32(41)38(20-30(40)25-16-15-22-7-3-4-8-24(22)17-25)35(43)39(33(29)45-26)19-21-11-13-23(14-12-21)27-9-5-6-10-28(27)31-36-34(42)44-37-31;/h3-18H,2,19-20H2,1H3,(H,36,37,42);. The molecule has 46 heavy (non-hydrogen) atoms. The molecule has 9 nitrogen and oxygen atoms in total. The van der Waals surface area contributed by atoms with Crippen LogP contribution in [0.1, 0.15) is 27.7 Å². The second-order valence-electron chi connectivity index (χ2n) is 10.7. The first-order chi connectivity index (χ1) is 21.9. The van der Waals surface area contributed by atoms with Crippen molar-refractivity contribution in [2.24, 2.45) is 0 Å². The monoisotopic (exact) mass is 653 g/mol. The van der Waals surface area contributed by atoms with Crippen LogP contribution in [0.25, 0.3) is 43.5 Å². The maximum absolute atomic E-state index is 13.9. The number of carbonyl (C=O) groups excluding carboxylic acids is 1. The van der Waals surface area contributed by atoms with E-state index >= 15 is 0 Å². The number of Topliss-reactive ketones (excluding diaryl/α,β-unsaturated/α-hetero) is 1. The maximum atomic E-state index is 13.9. The SMILES string of the molecule is CCc1cc2c(=O)n(CC(=O)c3ccc4ccccc4c3)c(=O)n(Cc3ccc(-c4ccccc4-c4noc(=O)[nH]4)cc3)c2s1.[K]. The fourth-order valence-corrected chi connectivity index (χ4v) is 6.64. The molecule has 0 amide bonds. The second kappa shape index (κ2) is 13.4. The molecule has 1 N–H and O–H groups in total. The molecule has 0 atom stereocenters. The Morgan fingerprint density at radius 3 is 2.28 bits per heavy atom. The van der Waals surface area contributed by atoms with E-state index in [2.05, 4.69) is 10.1 Å². The largest absolute Gasteiger partial charge is 0.439 e. The number of aryl methyl sites for hydroxylation is 1. The third kappa shape index (κ3) is 6.09. The van der Waals surface area contributed by atoms with Crippen LogP contribution in [0.2, 0.25) is 0 Å². The zero-order valence-corrected chi connectivity index (χ0v) is 29.1. The van der Waals surface area contributed by atoms with Gasteiger partial charge in [0.15, 0.2) is 11.6 Å². The van der Waals surface area contributed by atoms with E-state index < -0.39 is 17.0 Å². The number of carbonyl (C=O) groups is 1. The number of hydrogen-bond acceptors (Lipinski definition) is 7. The molecule has 4 aromatic carbocycles. The van der Waals surface area contributed by atoms with E-state index in [-0.39, 0.29) is 70.3 Å². The summed E-state index contributed by atoms with van der Waals surface area (Å²) in [5.74, 6) is -0.612. The summed E-state index contributed by atoms with van der Waals surface area (Å²) in [5, 5.41) is 6.17. The van der Waals surface area contributed by atoms with E-state index in [0.717, 1.165) is 36.9 Å². The summed E-state index contributed by atoms with van der Waals surface area (Å²) < 4.78 is 7.33. The summed E-state index contributed by atoms with van der Waals surface area (Å²) in [6.07, 6.45) is 0.716. The average molecular weight is 654 g/mol. The zero-order valence-electron chi connectivity index (χ0n) is 25.2. The van der Waals surface area contributed by atoms with Gasteiger partial charge in [0.05, 0.1) is 18.5 Å². The van der Waals surface area contributed by atoms with Gasteiger partial charge in [0.2, 0.25) is 0 Å². The van der Waals surface area contributed by atoms with Crippen LogP contribution in [0.4, 0.5) is 0 Å². The number of rotatable bonds is 8. The summed E-state index contributed by atoms with van der Waals surface area (Å²) in [6, 6.07) is 30.1. The summed E-state index contributed by atoms with van der Waals surface area (Å²) >= 11 is 1.42. The zero-order chi connectivity index (χ0) is 31.1. The Morgan fingerprint density at radius 2 is 1.57 bits per heavy atom. The van der Waals surface area contributed by atoms with Crippen LogP contribution < -0.4 is 17.0 Å². The molecule has 0 aliphatic carbocycles. The van der Waals surface area contributed by atoms with Gasteiger partial charge in [-0.15, -0.1) is 11.3 Å². The third-order valence-corrected chi connectivity index (χ3v) is 9.20. The molecule has 3 aromatic heterocycles. The fraction of sp³-hybridized carbons (Fsp3) is 0.114. The molecule has 0 bridgehead atoms. The quantitative estimate of drug-likeness (QED) is 0.171. The Morgan fingerprint density at radius 1 is 0.848 bits per heavy atom. The molecule has 7 aromatic rings. The van der Waals surface area contributed by atoms with E-state index in [1.54, 1.807) is 16.7 Å². The predicted molar refractivity (Wildman–Crippen MR) is 181 cm³/mol. The van der Waals surface area contributed by atoms with Crippen LogP contribution in [-0.4, -0.2) is 76.4 Å².